The van der Waals surface area contributed by atoms with Crippen LogP contribution < -0.4 is 5.73 Å². The van der Waals surface area contributed by atoms with Crippen LogP contribution in [0.15, 0.2) is 42.5 Å². The maximum atomic E-state index is 6.39. The summed E-state index contributed by atoms with van der Waals surface area (Å²) in [5, 5.41) is 0. The molecule has 100 valence electrons. The van der Waals surface area contributed by atoms with Gasteiger partial charge in [-0.25, -0.2) is 0 Å². The highest BCUT2D eigenvalue weighted by molar-refractivity contribution is 5.34. The summed E-state index contributed by atoms with van der Waals surface area (Å²) in [6.45, 7) is 6.48. The number of rotatable bonds is 4. The van der Waals surface area contributed by atoms with E-state index in [-0.39, 0.29) is 6.04 Å². The Hall–Kier alpha value is -1.60. The van der Waals surface area contributed by atoms with Gasteiger partial charge in [0.1, 0.15) is 0 Å². The SMILES string of the molecule is CCc1ccccc1C(N)Cc1ccc(C)c(C)c1. The van der Waals surface area contributed by atoms with Gasteiger partial charge in [0.25, 0.3) is 0 Å². The zero-order valence-electron chi connectivity index (χ0n) is 12.1. The van der Waals surface area contributed by atoms with E-state index < -0.39 is 0 Å². The number of hydrogen-bond acceptors (Lipinski definition) is 1. The smallest absolute Gasteiger partial charge is 0.0338 e. The van der Waals surface area contributed by atoms with Crippen LogP contribution in [0.5, 0.6) is 0 Å². The average Bonchev–Trinajstić information content (AvgIpc) is 2.43. The van der Waals surface area contributed by atoms with Crippen LogP contribution in [0.3, 0.4) is 0 Å². The Labute approximate surface area is 116 Å². The summed E-state index contributed by atoms with van der Waals surface area (Å²) in [5.41, 5.74) is 13.0. The molecule has 0 amide bonds. The average molecular weight is 253 g/mol. The third-order valence-electron chi connectivity index (χ3n) is 3.86. The summed E-state index contributed by atoms with van der Waals surface area (Å²) in [6, 6.07) is 15.2. The van der Waals surface area contributed by atoms with E-state index in [4.69, 9.17) is 5.73 Å². The fourth-order valence-corrected chi connectivity index (χ4v) is 2.51. The van der Waals surface area contributed by atoms with Gasteiger partial charge in [-0.1, -0.05) is 49.4 Å². The van der Waals surface area contributed by atoms with Gasteiger partial charge in [0.05, 0.1) is 0 Å². The molecule has 0 aliphatic carbocycles. The Morgan fingerprint density at radius 3 is 2.42 bits per heavy atom. The predicted octanol–water partition coefficient (Wildman–Crippen LogP) is 4.11. The Balaban J connectivity index is 2.20. The van der Waals surface area contributed by atoms with Crippen molar-refractivity contribution in [3.05, 3.63) is 70.3 Å². The fraction of sp³-hybridized carbons (Fsp3) is 0.333. The van der Waals surface area contributed by atoms with Crippen molar-refractivity contribution in [3.8, 4) is 0 Å². The number of hydrogen-bond donors (Lipinski definition) is 1. The van der Waals surface area contributed by atoms with E-state index in [1.54, 1.807) is 0 Å². The van der Waals surface area contributed by atoms with Gasteiger partial charge >= 0.3 is 0 Å². The minimum Gasteiger partial charge on any atom is -0.324 e. The molecule has 0 saturated carbocycles. The van der Waals surface area contributed by atoms with Crippen molar-refractivity contribution in [2.45, 2.75) is 39.7 Å². The Morgan fingerprint density at radius 2 is 1.74 bits per heavy atom. The van der Waals surface area contributed by atoms with Gasteiger partial charge in [0.2, 0.25) is 0 Å². The lowest BCUT2D eigenvalue weighted by atomic mass is 9.93. The maximum Gasteiger partial charge on any atom is 0.0338 e. The molecule has 0 aromatic heterocycles. The highest BCUT2D eigenvalue weighted by atomic mass is 14.6. The molecular weight excluding hydrogens is 230 g/mol. The van der Waals surface area contributed by atoms with Crippen molar-refractivity contribution in [1.82, 2.24) is 0 Å². The highest BCUT2D eigenvalue weighted by Gasteiger charge is 2.10. The molecule has 1 nitrogen and oxygen atoms in total. The van der Waals surface area contributed by atoms with E-state index in [1.165, 1.54) is 27.8 Å². The van der Waals surface area contributed by atoms with Gasteiger partial charge in [-0.15, -0.1) is 0 Å². The number of nitrogens with two attached hydrogens (primary N) is 1. The lowest BCUT2D eigenvalue weighted by Gasteiger charge is -2.16. The molecule has 1 unspecified atom stereocenters. The monoisotopic (exact) mass is 253 g/mol. The summed E-state index contributed by atoms with van der Waals surface area (Å²) >= 11 is 0. The van der Waals surface area contributed by atoms with Gasteiger partial charge in [-0.05, 0) is 54.5 Å². The van der Waals surface area contributed by atoms with Gasteiger partial charge < -0.3 is 5.73 Å². The fourth-order valence-electron chi connectivity index (χ4n) is 2.51. The Morgan fingerprint density at radius 1 is 1.00 bits per heavy atom. The van der Waals surface area contributed by atoms with Crippen LogP contribution in [0, 0.1) is 13.8 Å². The molecule has 19 heavy (non-hydrogen) atoms. The Bertz CT molecular complexity index is 557. The first-order valence-corrected chi connectivity index (χ1v) is 7.01. The topological polar surface area (TPSA) is 26.0 Å². The first-order valence-electron chi connectivity index (χ1n) is 7.01. The van der Waals surface area contributed by atoms with Crippen LogP contribution in [-0.2, 0) is 12.8 Å². The van der Waals surface area contributed by atoms with Crippen LogP contribution in [0.25, 0.3) is 0 Å². The molecule has 0 spiro atoms. The van der Waals surface area contributed by atoms with Crippen molar-refractivity contribution in [1.29, 1.82) is 0 Å². The normalized spacial score (nSPS) is 12.4. The van der Waals surface area contributed by atoms with Crippen molar-refractivity contribution < 1.29 is 0 Å². The van der Waals surface area contributed by atoms with E-state index in [1.807, 2.05) is 0 Å². The number of benzene rings is 2. The zero-order valence-corrected chi connectivity index (χ0v) is 12.1. The molecule has 0 aliphatic heterocycles. The van der Waals surface area contributed by atoms with E-state index in [0.717, 1.165) is 12.8 Å². The minimum atomic E-state index is 0.0817. The van der Waals surface area contributed by atoms with Crippen molar-refractivity contribution in [3.63, 3.8) is 0 Å². The van der Waals surface area contributed by atoms with E-state index in [2.05, 4.69) is 63.2 Å². The molecule has 2 aromatic carbocycles. The summed E-state index contributed by atoms with van der Waals surface area (Å²) in [6.07, 6.45) is 1.94. The van der Waals surface area contributed by atoms with E-state index >= 15 is 0 Å². The van der Waals surface area contributed by atoms with Crippen molar-refractivity contribution in [2.24, 2.45) is 5.73 Å². The van der Waals surface area contributed by atoms with Crippen molar-refractivity contribution >= 4 is 0 Å². The van der Waals surface area contributed by atoms with Gasteiger partial charge in [0, 0.05) is 6.04 Å². The molecule has 0 heterocycles. The van der Waals surface area contributed by atoms with E-state index in [0.29, 0.717) is 0 Å². The second-order valence-electron chi connectivity index (χ2n) is 5.28. The van der Waals surface area contributed by atoms with Crippen LogP contribution in [-0.4, -0.2) is 0 Å². The first kappa shape index (κ1) is 13.8. The number of aryl methyl sites for hydroxylation is 3. The molecule has 0 saturated heterocycles. The third kappa shape index (κ3) is 3.24. The molecule has 2 N–H and O–H groups in total. The molecule has 1 heteroatoms. The van der Waals surface area contributed by atoms with Gasteiger partial charge in [0.15, 0.2) is 0 Å². The summed E-state index contributed by atoms with van der Waals surface area (Å²) in [4.78, 5) is 0. The van der Waals surface area contributed by atoms with Crippen LogP contribution in [0.4, 0.5) is 0 Å². The molecule has 0 fully saturated rings. The molecule has 0 radical (unpaired) electrons. The molecule has 2 aromatic rings. The largest absolute Gasteiger partial charge is 0.324 e. The molecule has 0 aliphatic rings. The lowest BCUT2D eigenvalue weighted by Crippen LogP contribution is -2.15. The summed E-state index contributed by atoms with van der Waals surface area (Å²) < 4.78 is 0. The second-order valence-corrected chi connectivity index (χ2v) is 5.28. The van der Waals surface area contributed by atoms with Crippen LogP contribution in [0.1, 0.15) is 40.8 Å². The van der Waals surface area contributed by atoms with Crippen LogP contribution >= 0.6 is 0 Å². The maximum absolute atomic E-state index is 6.39. The first-order chi connectivity index (χ1) is 9.11. The van der Waals surface area contributed by atoms with Crippen LogP contribution in [0.2, 0.25) is 0 Å². The third-order valence-corrected chi connectivity index (χ3v) is 3.86. The standard InChI is InChI=1S/C18H23N/c1-4-16-7-5-6-8-17(16)18(19)12-15-10-9-13(2)14(3)11-15/h5-11,18H,4,12,19H2,1-3H3. The molecule has 0 bridgehead atoms. The zero-order chi connectivity index (χ0) is 13.8. The lowest BCUT2D eigenvalue weighted by molar-refractivity contribution is 0.711. The van der Waals surface area contributed by atoms with Gasteiger partial charge in [-0.3, -0.25) is 0 Å². The molecule has 2 rings (SSSR count). The quantitative estimate of drug-likeness (QED) is 0.872. The molecular formula is C18H23N. The second kappa shape index (κ2) is 6.03. The minimum absolute atomic E-state index is 0.0817. The highest BCUT2D eigenvalue weighted by Crippen LogP contribution is 2.21. The Kier molecular flexibility index (Phi) is 4.39. The summed E-state index contributed by atoms with van der Waals surface area (Å²) in [5.74, 6) is 0. The van der Waals surface area contributed by atoms with E-state index in [9.17, 15) is 0 Å². The van der Waals surface area contributed by atoms with Gasteiger partial charge in [-0.2, -0.15) is 0 Å². The molecule has 1 atom stereocenters. The van der Waals surface area contributed by atoms with Crippen molar-refractivity contribution in [2.75, 3.05) is 0 Å². The predicted molar refractivity (Wildman–Crippen MR) is 82.4 cm³/mol. The summed E-state index contributed by atoms with van der Waals surface area (Å²) in [7, 11) is 0.